The Morgan fingerprint density at radius 3 is 2.25 bits per heavy atom. The molecule has 0 aliphatic carbocycles. The lowest BCUT2D eigenvalue weighted by molar-refractivity contribution is 0.169. The summed E-state index contributed by atoms with van der Waals surface area (Å²) < 4.78 is 0. The number of halogens is 2. The van der Waals surface area contributed by atoms with Gasteiger partial charge in [-0.05, 0) is 64.2 Å². The smallest absolute Gasteiger partial charge is 0.0431 e. The Hall–Kier alpha value is 0.460. The van der Waals surface area contributed by atoms with Crippen molar-refractivity contribution in [2.24, 2.45) is 11.7 Å². The zero-order valence-electron chi connectivity index (χ0n) is 9.94. The molecule has 100 valence electrons. The van der Waals surface area contributed by atoms with Crippen molar-refractivity contribution in [1.82, 2.24) is 4.90 Å². The van der Waals surface area contributed by atoms with Crippen molar-refractivity contribution in [2.45, 2.75) is 32.1 Å². The Morgan fingerprint density at radius 2 is 1.75 bits per heavy atom. The number of rotatable bonds is 6. The van der Waals surface area contributed by atoms with Gasteiger partial charge >= 0.3 is 0 Å². The van der Waals surface area contributed by atoms with Crippen molar-refractivity contribution >= 4 is 24.8 Å². The van der Waals surface area contributed by atoms with Crippen LogP contribution < -0.4 is 5.73 Å². The quantitative estimate of drug-likeness (QED) is 0.774. The van der Waals surface area contributed by atoms with Gasteiger partial charge in [-0.25, -0.2) is 0 Å². The molecule has 0 unspecified atom stereocenters. The van der Waals surface area contributed by atoms with Crippen LogP contribution in [0.4, 0.5) is 0 Å². The molecule has 0 aromatic heterocycles. The Balaban J connectivity index is 0. The molecule has 1 aliphatic heterocycles. The molecule has 0 radical (unpaired) electrons. The first kappa shape index (κ1) is 18.8. The van der Waals surface area contributed by atoms with Crippen LogP contribution in [0.25, 0.3) is 0 Å². The highest BCUT2D eigenvalue weighted by Gasteiger charge is 2.17. The van der Waals surface area contributed by atoms with Crippen molar-refractivity contribution in [1.29, 1.82) is 0 Å². The van der Waals surface area contributed by atoms with E-state index in [1.165, 1.54) is 38.9 Å². The predicted octanol–water partition coefficient (Wildman–Crippen LogP) is 1.66. The molecule has 1 fully saturated rings. The second-order valence-corrected chi connectivity index (χ2v) is 4.29. The maximum Gasteiger partial charge on any atom is 0.0431 e. The van der Waals surface area contributed by atoms with Crippen molar-refractivity contribution in [3.8, 4) is 0 Å². The standard InChI is InChI=1S/C11H24N2O.2ClH/c12-6-2-7-13-8-4-11(5-9-13)3-1-10-14;;/h11,14H,1-10,12H2;2*1H. The highest BCUT2D eigenvalue weighted by molar-refractivity contribution is 5.85. The van der Waals surface area contributed by atoms with E-state index in [-0.39, 0.29) is 24.8 Å². The Kier molecular flexibility index (Phi) is 14.0. The van der Waals surface area contributed by atoms with Gasteiger partial charge in [-0.2, -0.15) is 0 Å². The minimum absolute atomic E-state index is 0. The summed E-state index contributed by atoms with van der Waals surface area (Å²) in [6, 6.07) is 0. The molecule has 3 nitrogen and oxygen atoms in total. The van der Waals surface area contributed by atoms with E-state index < -0.39 is 0 Å². The molecule has 5 heteroatoms. The largest absolute Gasteiger partial charge is 0.396 e. The molecular weight excluding hydrogens is 247 g/mol. The van der Waals surface area contributed by atoms with E-state index in [9.17, 15) is 0 Å². The maximum absolute atomic E-state index is 8.74. The Morgan fingerprint density at radius 1 is 1.12 bits per heavy atom. The number of hydrogen-bond donors (Lipinski definition) is 2. The van der Waals surface area contributed by atoms with Crippen molar-refractivity contribution in [3.05, 3.63) is 0 Å². The summed E-state index contributed by atoms with van der Waals surface area (Å²) in [4.78, 5) is 2.52. The highest BCUT2D eigenvalue weighted by atomic mass is 35.5. The topological polar surface area (TPSA) is 49.5 Å². The van der Waals surface area contributed by atoms with Crippen LogP contribution in [0.5, 0.6) is 0 Å². The van der Waals surface area contributed by atoms with Gasteiger partial charge in [0.1, 0.15) is 0 Å². The highest BCUT2D eigenvalue weighted by Crippen LogP contribution is 2.21. The van der Waals surface area contributed by atoms with Crippen LogP contribution in [0, 0.1) is 5.92 Å². The van der Waals surface area contributed by atoms with Crippen LogP contribution >= 0.6 is 24.8 Å². The van der Waals surface area contributed by atoms with Gasteiger partial charge in [0.2, 0.25) is 0 Å². The fourth-order valence-electron chi connectivity index (χ4n) is 2.19. The molecule has 16 heavy (non-hydrogen) atoms. The van der Waals surface area contributed by atoms with Crippen LogP contribution in [0.15, 0.2) is 0 Å². The summed E-state index contributed by atoms with van der Waals surface area (Å²) in [6.45, 7) is 4.80. The molecule has 1 saturated heterocycles. The van der Waals surface area contributed by atoms with Gasteiger partial charge in [-0.15, -0.1) is 24.8 Å². The number of aliphatic hydroxyl groups excluding tert-OH is 1. The van der Waals surface area contributed by atoms with Gasteiger partial charge < -0.3 is 15.7 Å². The average molecular weight is 273 g/mol. The van der Waals surface area contributed by atoms with Gasteiger partial charge in [0.05, 0.1) is 0 Å². The van der Waals surface area contributed by atoms with Gasteiger partial charge in [0, 0.05) is 6.61 Å². The zero-order valence-corrected chi connectivity index (χ0v) is 11.6. The monoisotopic (exact) mass is 272 g/mol. The molecule has 0 aromatic rings. The number of piperidine rings is 1. The van der Waals surface area contributed by atoms with E-state index in [2.05, 4.69) is 4.90 Å². The SMILES string of the molecule is Cl.Cl.NCCCN1CCC(CCCO)CC1. The van der Waals surface area contributed by atoms with E-state index in [4.69, 9.17) is 10.8 Å². The van der Waals surface area contributed by atoms with Crippen molar-refractivity contribution < 1.29 is 5.11 Å². The van der Waals surface area contributed by atoms with Crippen molar-refractivity contribution in [3.63, 3.8) is 0 Å². The molecule has 3 N–H and O–H groups in total. The number of nitrogens with zero attached hydrogens (tertiary/aromatic N) is 1. The Labute approximate surface area is 112 Å². The van der Waals surface area contributed by atoms with Crippen LogP contribution in [0.3, 0.4) is 0 Å². The maximum atomic E-state index is 8.74. The summed E-state index contributed by atoms with van der Waals surface area (Å²) in [5.74, 6) is 0.858. The molecule has 0 atom stereocenters. The molecule has 0 saturated carbocycles. The van der Waals surface area contributed by atoms with Gasteiger partial charge in [0.15, 0.2) is 0 Å². The third kappa shape index (κ3) is 7.69. The molecular formula is C11H26Cl2N2O. The first-order valence-electron chi connectivity index (χ1n) is 5.90. The van der Waals surface area contributed by atoms with Gasteiger partial charge in [-0.1, -0.05) is 0 Å². The molecule has 1 rings (SSSR count). The van der Waals surface area contributed by atoms with Gasteiger partial charge in [0.25, 0.3) is 0 Å². The molecule has 1 aliphatic rings. The van der Waals surface area contributed by atoms with E-state index >= 15 is 0 Å². The third-order valence-electron chi connectivity index (χ3n) is 3.16. The second kappa shape index (κ2) is 11.9. The second-order valence-electron chi connectivity index (χ2n) is 4.29. The lowest BCUT2D eigenvalue weighted by atomic mass is 9.92. The molecule has 0 aromatic carbocycles. The normalized spacial score (nSPS) is 17.6. The average Bonchev–Trinajstić information content (AvgIpc) is 2.25. The molecule has 0 bridgehead atoms. The summed E-state index contributed by atoms with van der Waals surface area (Å²) in [5.41, 5.74) is 5.48. The number of hydrogen-bond acceptors (Lipinski definition) is 3. The lowest BCUT2D eigenvalue weighted by Gasteiger charge is -2.31. The van der Waals surface area contributed by atoms with E-state index in [1.807, 2.05) is 0 Å². The number of aliphatic hydroxyl groups is 1. The van der Waals surface area contributed by atoms with E-state index in [0.717, 1.165) is 25.3 Å². The van der Waals surface area contributed by atoms with Crippen molar-refractivity contribution in [2.75, 3.05) is 32.8 Å². The Bertz CT molecular complexity index is 126. The van der Waals surface area contributed by atoms with Crippen LogP contribution in [-0.2, 0) is 0 Å². The predicted molar refractivity (Wildman–Crippen MR) is 73.7 cm³/mol. The fourth-order valence-corrected chi connectivity index (χ4v) is 2.19. The number of likely N-dealkylation sites (tertiary alicyclic amines) is 1. The van der Waals surface area contributed by atoms with E-state index in [0.29, 0.717) is 6.61 Å². The summed E-state index contributed by atoms with van der Waals surface area (Å²) >= 11 is 0. The first-order chi connectivity index (χ1) is 6.86. The molecule has 1 heterocycles. The molecule has 0 amide bonds. The third-order valence-corrected chi connectivity index (χ3v) is 3.16. The molecule has 0 spiro atoms. The number of nitrogens with two attached hydrogens (primary N) is 1. The van der Waals surface area contributed by atoms with E-state index in [1.54, 1.807) is 0 Å². The summed E-state index contributed by atoms with van der Waals surface area (Å²) in [5, 5.41) is 8.74. The fraction of sp³-hybridized carbons (Fsp3) is 1.00. The van der Waals surface area contributed by atoms with Crippen LogP contribution in [0.1, 0.15) is 32.1 Å². The lowest BCUT2D eigenvalue weighted by Crippen LogP contribution is -2.35. The van der Waals surface area contributed by atoms with Crippen LogP contribution in [0.2, 0.25) is 0 Å². The van der Waals surface area contributed by atoms with Crippen LogP contribution in [-0.4, -0.2) is 42.8 Å². The van der Waals surface area contributed by atoms with Gasteiger partial charge in [-0.3, -0.25) is 0 Å². The summed E-state index contributed by atoms with van der Waals surface area (Å²) in [6.07, 6.45) is 5.94. The minimum atomic E-state index is 0. The first-order valence-corrected chi connectivity index (χ1v) is 5.90. The summed E-state index contributed by atoms with van der Waals surface area (Å²) in [7, 11) is 0. The minimum Gasteiger partial charge on any atom is -0.396 e. The zero-order chi connectivity index (χ0) is 10.2.